The van der Waals surface area contributed by atoms with Crippen LogP contribution in [0.15, 0.2) is 18.2 Å². The summed E-state index contributed by atoms with van der Waals surface area (Å²) in [5, 5.41) is 4.37. The van der Waals surface area contributed by atoms with Crippen LogP contribution in [0.4, 0.5) is 0 Å². The molecule has 17 heavy (non-hydrogen) atoms. The number of hydrogen-bond donors (Lipinski definition) is 1. The first kappa shape index (κ1) is 12.3. The number of nitrogens with zero attached hydrogens (tertiary/aromatic N) is 1. The van der Waals surface area contributed by atoms with Crippen molar-refractivity contribution < 1.29 is 9.47 Å². The third-order valence-corrected chi connectivity index (χ3v) is 3.42. The molecular formula is C12H16N2O2S. The van der Waals surface area contributed by atoms with E-state index in [0.717, 1.165) is 40.7 Å². The van der Waals surface area contributed by atoms with Crippen molar-refractivity contribution in [2.45, 2.75) is 6.54 Å². The average molecular weight is 252 g/mol. The molecule has 0 spiro atoms. The summed E-state index contributed by atoms with van der Waals surface area (Å²) < 4.78 is 11.3. The van der Waals surface area contributed by atoms with E-state index in [0.29, 0.717) is 0 Å². The van der Waals surface area contributed by atoms with E-state index in [-0.39, 0.29) is 0 Å². The van der Waals surface area contributed by atoms with Crippen molar-refractivity contribution in [1.29, 1.82) is 0 Å². The Balaban J connectivity index is 2.04. The molecule has 2 rings (SSSR count). The van der Waals surface area contributed by atoms with Crippen LogP contribution in [0, 0.1) is 0 Å². The molecule has 0 aliphatic rings. The van der Waals surface area contributed by atoms with Crippen LogP contribution < -0.4 is 10.1 Å². The van der Waals surface area contributed by atoms with Crippen LogP contribution >= 0.6 is 11.3 Å². The number of methoxy groups -OCH3 is 2. The Morgan fingerprint density at radius 3 is 3.00 bits per heavy atom. The smallest absolute Gasteiger partial charge is 0.120 e. The van der Waals surface area contributed by atoms with Crippen molar-refractivity contribution >= 4 is 21.6 Å². The maximum atomic E-state index is 5.19. The lowest BCUT2D eigenvalue weighted by atomic mass is 10.3. The Kier molecular flexibility index (Phi) is 4.30. The third-order valence-electron chi connectivity index (χ3n) is 2.40. The molecule has 5 heteroatoms. The Hall–Kier alpha value is -1.17. The second-order valence-corrected chi connectivity index (χ2v) is 4.73. The fraction of sp³-hybridized carbons (Fsp3) is 0.417. The van der Waals surface area contributed by atoms with Gasteiger partial charge in [0.25, 0.3) is 0 Å². The van der Waals surface area contributed by atoms with E-state index in [9.17, 15) is 0 Å². The zero-order valence-electron chi connectivity index (χ0n) is 10.0. The molecule has 0 bridgehead atoms. The first-order valence-electron chi connectivity index (χ1n) is 5.46. The van der Waals surface area contributed by atoms with Gasteiger partial charge in [-0.1, -0.05) is 0 Å². The van der Waals surface area contributed by atoms with Gasteiger partial charge in [0.1, 0.15) is 10.8 Å². The number of thiazole rings is 1. The SMILES string of the molecule is COCCNCc1nc2ccc(OC)cc2s1. The normalized spacial score (nSPS) is 10.9. The minimum atomic E-state index is 0.721. The topological polar surface area (TPSA) is 43.4 Å². The highest BCUT2D eigenvalue weighted by Gasteiger charge is 2.04. The summed E-state index contributed by atoms with van der Waals surface area (Å²) >= 11 is 1.69. The molecule has 0 saturated heterocycles. The maximum Gasteiger partial charge on any atom is 0.120 e. The van der Waals surface area contributed by atoms with Crippen molar-refractivity contribution in [2.24, 2.45) is 0 Å². The summed E-state index contributed by atoms with van der Waals surface area (Å²) in [7, 11) is 3.38. The van der Waals surface area contributed by atoms with Crippen LogP contribution in [-0.2, 0) is 11.3 Å². The fourth-order valence-electron chi connectivity index (χ4n) is 1.52. The molecule has 0 aliphatic carbocycles. The molecule has 0 saturated carbocycles. The second-order valence-electron chi connectivity index (χ2n) is 3.61. The highest BCUT2D eigenvalue weighted by atomic mass is 32.1. The van der Waals surface area contributed by atoms with E-state index in [4.69, 9.17) is 9.47 Å². The van der Waals surface area contributed by atoms with Gasteiger partial charge in [-0.05, 0) is 18.2 Å². The molecule has 1 aromatic heterocycles. The largest absolute Gasteiger partial charge is 0.497 e. The second kappa shape index (κ2) is 5.95. The molecule has 92 valence electrons. The standard InChI is InChI=1S/C12H16N2O2S/c1-15-6-5-13-8-12-14-10-4-3-9(16-2)7-11(10)17-12/h3-4,7,13H,5-6,8H2,1-2H3. The number of benzene rings is 1. The lowest BCUT2D eigenvalue weighted by molar-refractivity contribution is 0.199. The quantitative estimate of drug-likeness (QED) is 0.799. The van der Waals surface area contributed by atoms with Gasteiger partial charge >= 0.3 is 0 Å². The predicted octanol–water partition coefficient (Wildman–Crippen LogP) is 2.04. The molecule has 0 radical (unpaired) electrons. The van der Waals surface area contributed by atoms with Crippen LogP contribution in [-0.4, -0.2) is 32.4 Å². The molecule has 0 fully saturated rings. The lowest BCUT2D eigenvalue weighted by Gasteiger charge is -1.99. The molecule has 0 atom stereocenters. The van der Waals surface area contributed by atoms with Crippen molar-refractivity contribution in [3.63, 3.8) is 0 Å². The van der Waals surface area contributed by atoms with E-state index >= 15 is 0 Å². The number of hydrogen-bond acceptors (Lipinski definition) is 5. The summed E-state index contributed by atoms with van der Waals surface area (Å²) in [6, 6.07) is 5.94. The van der Waals surface area contributed by atoms with Crippen molar-refractivity contribution in [3.8, 4) is 5.75 Å². The zero-order chi connectivity index (χ0) is 12.1. The highest BCUT2D eigenvalue weighted by Crippen LogP contribution is 2.26. The average Bonchev–Trinajstić information content (AvgIpc) is 2.76. The van der Waals surface area contributed by atoms with E-state index in [1.807, 2.05) is 18.2 Å². The Bertz CT molecular complexity index is 484. The number of aromatic nitrogens is 1. The van der Waals surface area contributed by atoms with Crippen molar-refractivity contribution in [1.82, 2.24) is 10.3 Å². The molecule has 2 aromatic rings. The first-order valence-corrected chi connectivity index (χ1v) is 6.28. The maximum absolute atomic E-state index is 5.19. The summed E-state index contributed by atoms with van der Waals surface area (Å²) in [6.45, 7) is 2.35. The van der Waals surface area contributed by atoms with Gasteiger partial charge in [0.05, 0.1) is 23.9 Å². The van der Waals surface area contributed by atoms with Crippen molar-refractivity contribution in [2.75, 3.05) is 27.4 Å². The number of rotatable bonds is 6. The summed E-state index contributed by atoms with van der Waals surface area (Å²) in [5.74, 6) is 0.875. The molecule has 0 aliphatic heterocycles. The van der Waals surface area contributed by atoms with Crippen LogP contribution in [0.1, 0.15) is 5.01 Å². The lowest BCUT2D eigenvalue weighted by Crippen LogP contribution is -2.18. The first-order chi connectivity index (χ1) is 8.33. The van der Waals surface area contributed by atoms with Crippen LogP contribution in [0.5, 0.6) is 5.75 Å². The van der Waals surface area contributed by atoms with E-state index in [1.165, 1.54) is 0 Å². The van der Waals surface area contributed by atoms with Gasteiger partial charge in [-0.25, -0.2) is 4.98 Å². The molecule has 1 heterocycles. The van der Waals surface area contributed by atoms with Crippen LogP contribution in [0.3, 0.4) is 0 Å². The molecule has 0 amide bonds. The van der Waals surface area contributed by atoms with E-state index < -0.39 is 0 Å². The molecule has 4 nitrogen and oxygen atoms in total. The van der Waals surface area contributed by atoms with Gasteiger partial charge in [-0.15, -0.1) is 11.3 Å². The zero-order valence-corrected chi connectivity index (χ0v) is 10.8. The molecular weight excluding hydrogens is 236 g/mol. The number of fused-ring (bicyclic) bond motifs is 1. The van der Waals surface area contributed by atoms with E-state index in [2.05, 4.69) is 10.3 Å². The third kappa shape index (κ3) is 3.15. The Labute approximate surface area is 105 Å². The predicted molar refractivity (Wildman–Crippen MR) is 69.8 cm³/mol. The molecule has 0 unspecified atom stereocenters. The van der Waals surface area contributed by atoms with Gasteiger partial charge in [0.2, 0.25) is 0 Å². The minimum Gasteiger partial charge on any atom is -0.497 e. The van der Waals surface area contributed by atoms with Gasteiger partial charge in [-0.3, -0.25) is 0 Å². The number of nitrogens with one attached hydrogen (secondary N) is 1. The summed E-state index contributed by atoms with van der Waals surface area (Å²) in [5.41, 5.74) is 1.03. The van der Waals surface area contributed by atoms with E-state index in [1.54, 1.807) is 25.6 Å². The summed E-state index contributed by atoms with van der Waals surface area (Å²) in [6.07, 6.45) is 0. The van der Waals surface area contributed by atoms with Gasteiger partial charge in [0.15, 0.2) is 0 Å². The highest BCUT2D eigenvalue weighted by molar-refractivity contribution is 7.18. The number of ether oxygens (including phenoxy) is 2. The molecule has 1 aromatic carbocycles. The van der Waals surface area contributed by atoms with Crippen LogP contribution in [0.25, 0.3) is 10.2 Å². The summed E-state index contributed by atoms with van der Waals surface area (Å²) in [4.78, 5) is 4.55. The fourth-order valence-corrected chi connectivity index (χ4v) is 2.49. The monoisotopic (exact) mass is 252 g/mol. The molecule has 1 N–H and O–H groups in total. The van der Waals surface area contributed by atoms with Gasteiger partial charge in [-0.2, -0.15) is 0 Å². The van der Waals surface area contributed by atoms with Crippen LogP contribution in [0.2, 0.25) is 0 Å². The van der Waals surface area contributed by atoms with Crippen molar-refractivity contribution in [3.05, 3.63) is 23.2 Å². The van der Waals surface area contributed by atoms with Gasteiger partial charge in [0, 0.05) is 20.2 Å². The Morgan fingerprint density at radius 1 is 1.35 bits per heavy atom. The Morgan fingerprint density at radius 2 is 2.24 bits per heavy atom. The van der Waals surface area contributed by atoms with Gasteiger partial charge < -0.3 is 14.8 Å². The minimum absolute atomic E-state index is 0.721.